The summed E-state index contributed by atoms with van der Waals surface area (Å²) in [6.07, 6.45) is 2.44. The molecule has 0 atom stereocenters. The number of aromatic nitrogens is 1. The zero-order valence-corrected chi connectivity index (χ0v) is 16.0. The first-order chi connectivity index (χ1) is 12.6. The molecule has 0 aliphatic heterocycles. The summed E-state index contributed by atoms with van der Waals surface area (Å²) >= 11 is 3.40. The number of hydrogen-bond acceptors (Lipinski definition) is 2. The Balaban J connectivity index is 1.83. The molecule has 0 bridgehead atoms. The highest BCUT2D eigenvalue weighted by Gasteiger charge is 2.10. The van der Waals surface area contributed by atoms with E-state index in [4.69, 9.17) is 0 Å². The summed E-state index contributed by atoms with van der Waals surface area (Å²) in [5.41, 5.74) is 3.17. The Morgan fingerprint density at radius 2 is 1.77 bits per heavy atom. The second kappa shape index (κ2) is 8.15. The zero-order valence-electron chi connectivity index (χ0n) is 14.4. The van der Waals surface area contributed by atoms with Crippen LogP contribution in [0.5, 0.6) is 0 Å². The van der Waals surface area contributed by atoms with Crippen molar-refractivity contribution in [3.8, 4) is 0 Å². The van der Waals surface area contributed by atoms with Gasteiger partial charge in [0.25, 0.3) is 11.5 Å². The lowest BCUT2D eigenvalue weighted by molar-refractivity contribution is 0.102. The summed E-state index contributed by atoms with van der Waals surface area (Å²) in [7, 11) is 0. The van der Waals surface area contributed by atoms with Gasteiger partial charge >= 0.3 is 0 Å². The van der Waals surface area contributed by atoms with Crippen molar-refractivity contribution in [2.45, 2.75) is 19.9 Å². The maximum atomic E-state index is 12.6. The minimum absolute atomic E-state index is 0.140. The van der Waals surface area contributed by atoms with Crippen molar-refractivity contribution in [3.63, 3.8) is 0 Å². The molecule has 132 valence electrons. The molecular weight excluding hydrogens is 392 g/mol. The van der Waals surface area contributed by atoms with Crippen LogP contribution in [0.1, 0.15) is 28.4 Å². The van der Waals surface area contributed by atoms with Crippen LogP contribution in [0.3, 0.4) is 0 Å². The lowest BCUT2D eigenvalue weighted by Crippen LogP contribution is -2.22. The van der Waals surface area contributed by atoms with E-state index in [-0.39, 0.29) is 11.5 Å². The van der Waals surface area contributed by atoms with E-state index >= 15 is 0 Å². The van der Waals surface area contributed by atoms with Gasteiger partial charge in [-0.3, -0.25) is 9.59 Å². The van der Waals surface area contributed by atoms with Gasteiger partial charge in [0.2, 0.25) is 0 Å². The minimum atomic E-state index is -0.226. The number of pyridine rings is 1. The average Bonchev–Trinajstić information content (AvgIpc) is 2.65. The summed E-state index contributed by atoms with van der Waals surface area (Å²) in [4.78, 5) is 24.8. The van der Waals surface area contributed by atoms with Crippen LogP contribution in [-0.4, -0.2) is 10.5 Å². The second-order valence-electron chi connectivity index (χ2n) is 5.98. The predicted octanol–water partition coefficient (Wildman–Crippen LogP) is 4.47. The second-order valence-corrected chi connectivity index (χ2v) is 6.89. The Labute approximate surface area is 160 Å². The van der Waals surface area contributed by atoms with Gasteiger partial charge in [-0.1, -0.05) is 53.2 Å². The minimum Gasteiger partial charge on any atom is -0.322 e. The highest BCUT2D eigenvalue weighted by atomic mass is 79.9. The van der Waals surface area contributed by atoms with Gasteiger partial charge in [0.1, 0.15) is 0 Å². The van der Waals surface area contributed by atoms with Crippen LogP contribution in [-0.2, 0) is 13.0 Å². The monoisotopic (exact) mass is 410 g/mol. The number of rotatable bonds is 5. The SMILES string of the molecule is CCc1ccccc1NC(=O)c1ccc(=O)n(Cc2ccc(Br)cc2)c1. The first kappa shape index (κ1) is 18.1. The Morgan fingerprint density at radius 1 is 1.04 bits per heavy atom. The molecule has 1 N–H and O–H groups in total. The molecule has 5 heteroatoms. The molecule has 3 rings (SSSR count). The van der Waals surface area contributed by atoms with Gasteiger partial charge < -0.3 is 9.88 Å². The zero-order chi connectivity index (χ0) is 18.5. The normalized spacial score (nSPS) is 10.5. The van der Waals surface area contributed by atoms with E-state index in [0.29, 0.717) is 12.1 Å². The molecule has 26 heavy (non-hydrogen) atoms. The number of hydrogen-bond donors (Lipinski definition) is 1. The molecule has 1 heterocycles. The number of anilines is 1. The van der Waals surface area contributed by atoms with E-state index in [9.17, 15) is 9.59 Å². The molecule has 3 aromatic rings. The first-order valence-corrected chi connectivity index (χ1v) is 9.20. The van der Waals surface area contributed by atoms with Crippen LogP contribution in [0.4, 0.5) is 5.69 Å². The van der Waals surface area contributed by atoms with Gasteiger partial charge in [-0.05, 0) is 41.8 Å². The quantitative estimate of drug-likeness (QED) is 0.674. The van der Waals surface area contributed by atoms with Crippen molar-refractivity contribution < 1.29 is 4.79 Å². The van der Waals surface area contributed by atoms with E-state index in [1.165, 1.54) is 6.07 Å². The third-order valence-corrected chi connectivity index (χ3v) is 4.69. The summed E-state index contributed by atoms with van der Waals surface area (Å²) in [5, 5.41) is 2.94. The number of carbonyl (C=O) groups excluding carboxylic acids is 1. The summed E-state index contributed by atoms with van der Waals surface area (Å²) in [5.74, 6) is -0.226. The van der Waals surface area contributed by atoms with Crippen molar-refractivity contribution >= 4 is 27.5 Å². The maximum Gasteiger partial charge on any atom is 0.257 e. The van der Waals surface area contributed by atoms with Gasteiger partial charge in [0.15, 0.2) is 0 Å². The van der Waals surface area contributed by atoms with Crippen molar-refractivity contribution in [3.05, 3.63) is 98.4 Å². The maximum absolute atomic E-state index is 12.6. The van der Waals surface area contributed by atoms with E-state index < -0.39 is 0 Å². The van der Waals surface area contributed by atoms with E-state index in [2.05, 4.69) is 21.2 Å². The highest BCUT2D eigenvalue weighted by Crippen LogP contribution is 2.16. The summed E-state index contributed by atoms with van der Waals surface area (Å²) < 4.78 is 2.53. The van der Waals surface area contributed by atoms with Crippen LogP contribution in [0.15, 0.2) is 76.1 Å². The Morgan fingerprint density at radius 3 is 2.50 bits per heavy atom. The molecule has 0 fully saturated rings. The number of amides is 1. The summed E-state index contributed by atoms with van der Waals surface area (Å²) in [6, 6.07) is 18.5. The Hall–Kier alpha value is -2.66. The molecule has 0 aliphatic rings. The Kier molecular flexibility index (Phi) is 5.68. The van der Waals surface area contributed by atoms with Crippen LogP contribution in [0.2, 0.25) is 0 Å². The average molecular weight is 411 g/mol. The number of nitrogens with one attached hydrogen (secondary N) is 1. The third kappa shape index (κ3) is 4.29. The standard InChI is InChI=1S/C21H19BrN2O2/c1-2-16-5-3-4-6-19(16)23-21(26)17-9-12-20(25)24(14-17)13-15-7-10-18(22)11-8-15/h3-12,14H,2,13H2,1H3,(H,23,26). The molecule has 0 radical (unpaired) electrons. The van der Waals surface area contributed by atoms with Gasteiger partial charge in [0.05, 0.1) is 12.1 Å². The number of nitrogens with zero attached hydrogens (tertiary/aromatic N) is 1. The van der Waals surface area contributed by atoms with E-state index in [1.54, 1.807) is 16.8 Å². The fourth-order valence-electron chi connectivity index (χ4n) is 2.72. The molecule has 0 spiro atoms. The number of carbonyl (C=O) groups is 1. The van der Waals surface area contributed by atoms with E-state index in [1.807, 2.05) is 55.5 Å². The smallest absolute Gasteiger partial charge is 0.257 e. The molecule has 4 nitrogen and oxygen atoms in total. The Bertz CT molecular complexity index is 978. The molecule has 0 saturated carbocycles. The third-order valence-electron chi connectivity index (χ3n) is 4.16. The molecule has 2 aromatic carbocycles. The molecule has 0 saturated heterocycles. The van der Waals surface area contributed by atoms with Crippen molar-refractivity contribution in [2.24, 2.45) is 0 Å². The molecule has 0 aliphatic carbocycles. The number of halogens is 1. The van der Waals surface area contributed by atoms with Crippen LogP contribution >= 0.6 is 15.9 Å². The van der Waals surface area contributed by atoms with Crippen molar-refractivity contribution in [1.29, 1.82) is 0 Å². The van der Waals surface area contributed by atoms with Crippen molar-refractivity contribution in [1.82, 2.24) is 4.57 Å². The van der Waals surface area contributed by atoms with Gasteiger partial charge in [-0.15, -0.1) is 0 Å². The molecular formula is C21H19BrN2O2. The number of aryl methyl sites for hydroxylation is 1. The van der Waals surface area contributed by atoms with Gasteiger partial charge in [-0.25, -0.2) is 0 Å². The highest BCUT2D eigenvalue weighted by molar-refractivity contribution is 9.10. The van der Waals surface area contributed by atoms with Gasteiger partial charge in [0, 0.05) is 22.4 Å². The number of benzene rings is 2. The fraction of sp³-hybridized carbons (Fsp3) is 0.143. The first-order valence-electron chi connectivity index (χ1n) is 8.41. The predicted molar refractivity (Wildman–Crippen MR) is 108 cm³/mol. The lowest BCUT2D eigenvalue weighted by Gasteiger charge is -2.11. The van der Waals surface area contributed by atoms with Gasteiger partial charge in [-0.2, -0.15) is 0 Å². The lowest BCUT2D eigenvalue weighted by atomic mass is 10.1. The molecule has 0 unspecified atom stereocenters. The van der Waals surface area contributed by atoms with Crippen LogP contribution in [0.25, 0.3) is 0 Å². The fourth-order valence-corrected chi connectivity index (χ4v) is 2.99. The molecule has 1 amide bonds. The van der Waals surface area contributed by atoms with Crippen LogP contribution in [0, 0.1) is 0 Å². The summed E-state index contributed by atoms with van der Waals surface area (Å²) in [6.45, 7) is 2.46. The largest absolute Gasteiger partial charge is 0.322 e. The van der Waals surface area contributed by atoms with Crippen molar-refractivity contribution in [2.75, 3.05) is 5.32 Å². The van der Waals surface area contributed by atoms with Crippen LogP contribution < -0.4 is 10.9 Å². The number of para-hydroxylation sites is 1. The topological polar surface area (TPSA) is 51.1 Å². The molecule has 1 aromatic heterocycles. The van der Waals surface area contributed by atoms with E-state index in [0.717, 1.165) is 27.7 Å².